The lowest BCUT2D eigenvalue weighted by Crippen LogP contribution is -1.83. The van der Waals surface area contributed by atoms with Crippen molar-refractivity contribution in [3.63, 3.8) is 0 Å². The Hall–Kier alpha value is -1.82. The number of aldehydes is 1. The Morgan fingerprint density at radius 3 is 2.83 bits per heavy atom. The van der Waals surface area contributed by atoms with Gasteiger partial charge in [-0.15, -0.1) is 0 Å². The fourth-order valence-electron chi connectivity index (χ4n) is 0.738. The minimum atomic E-state index is -0.635. The summed E-state index contributed by atoms with van der Waals surface area (Å²) in [5.41, 5.74) is -0.149. The fourth-order valence-corrected chi connectivity index (χ4v) is 0.738. The molecule has 0 fully saturated rings. The Labute approximate surface area is 68.6 Å². The van der Waals surface area contributed by atoms with Crippen LogP contribution in [0.1, 0.15) is 5.56 Å². The average molecular weight is 164 g/mol. The van der Waals surface area contributed by atoms with Crippen LogP contribution in [-0.2, 0) is 4.79 Å². The van der Waals surface area contributed by atoms with Gasteiger partial charge in [0.2, 0.25) is 0 Å². The number of benzene rings is 1. The summed E-state index contributed by atoms with van der Waals surface area (Å²) in [6.45, 7) is 0. The SMILES string of the molecule is O=CC#Cc1c(O)cccc1F. The van der Waals surface area contributed by atoms with Crippen LogP contribution in [0.4, 0.5) is 4.39 Å². The lowest BCUT2D eigenvalue weighted by atomic mass is 10.2. The summed E-state index contributed by atoms with van der Waals surface area (Å²) in [6, 6.07) is 3.82. The van der Waals surface area contributed by atoms with E-state index in [-0.39, 0.29) is 11.3 Å². The number of carbonyl (C=O) groups is 1. The molecule has 0 aromatic heterocycles. The molecule has 0 saturated heterocycles. The van der Waals surface area contributed by atoms with E-state index in [0.717, 1.165) is 6.07 Å². The molecule has 3 heteroatoms. The fraction of sp³-hybridized carbons (Fsp3) is 0. The lowest BCUT2D eigenvalue weighted by Gasteiger charge is -1.95. The Balaban J connectivity index is 3.21. The number of halogens is 1. The van der Waals surface area contributed by atoms with Crippen LogP contribution in [0.15, 0.2) is 18.2 Å². The van der Waals surface area contributed by atoms with Crippen LogP contribution >= 0.6 is 0 Å². The van der Waals surface area contributed by atoms with Crippen molar-refractivity contribution in [2.24, 2.45) is 0 Å². The van der Waals surface area contributed by atoms with Crippen molar-refractivity contribution in [2.45, 2.75) is 0 Å². The van der Waals surface area contributed by atoms with Gasteiger partial charge in [-0.2, -0.15) is 0 Å². The van der Waals surface area contributed by atoms with Gasteiger partial charge in [0.05, 0.1) is 0 Å². The molecule has 0 unspecified atom stereocenters. The summed E-state index contributed by atoms with van der Waals surface area (Å²) in [7, 11) is 0. The van der Waals surface area contributed by atoms with Crippen LogP contribution in [0.5, 0.6) is 5.75 Å². The highest BCUT2D eigenvalue weighted by Gasteiger charge is 2.02. The van der Waals surface area contributed by atoms with Gasteiger partial charge in [-0.05, 0) is 18.1 Å². The maximum atomic E-state index is 12.8. The van der Waals surface area contributed by atoms with Crippen LogP contribution in [-0.4, -0.2) is 11.4 Å². The van der Waals surface area contributed by atoms with E-state index < -0.39 is 5.82 Å². The molecule has 0 aliphatic heterocycles. The summed E-state index contributed by atoms with van der Waals surface area (Å²) in [4.78, 5) is 9.82. The molecule has 2 nitrogen and oxygen atoms in total. The Morgan fingerprint density at radius 2 is 2.25 bits per heavy atom. The third-order valence-corrected chi connectivity index (χ3v) is 1.25. The summed E-state index contributed by atoms with van der Waals surface area (Å²) >= 11 is 0. The van der Waals surface area contributed by atoms with Crippen LogP contribution < -0.4 is 0 Å². The van der Waals surface area contributed by atoms with Crippen molar-refractivity contribution >= 4 is 6.29 Å². The van der Waals surface area contributed by atoms with Crippen molar-refractivity contribution in [3.8, 4) is 17.6 Å². The van der Waals surface area contributed by atoms with E-state index in [4.69, 9.17) is 5.11 Å². The van der Waals surface area contributed by atoms with Gasteiger partial charge in [-0.25, -0.2) is 4.39 Å². The molecule has 1 rings (SSSR count). The standard InChI is InChI=1S/C9H5FO2/c10-8-4-1-5-9(12)7(8)3-2-6-11/h1,4-6,12H. The zero-order valence-corrected chi connectivity index (χ0v) is 6.04. The summed E-state index contributed by atoms with van der Waals surface area (Å²) in [5, 5.41) is 9.06. The first kappa shape index (κ1) is 8.28. The van der Waals surface area contributed by atoms with Gasteiger partial charge >= 0.3 is 0 Å². The number of hydrogen-bond acceptors (Lipinski definition) is 2. The van der Waals surface area contributed by atoms with E-state index in [1.807, 2.05) is 5.92 Å². The molecule has 0 bridgehead atoms. The zero-order chi connectivity index (χ0) is 8.97. The van der Waals surface area contributed by atoms with Crippen molar-refractivity contribution in [1.29, 1.82) is 0 Å². The molecule has 1 aromatic rings. The minimum Gasteiger partial charge on any atom is -0.507 e. The third-order valence-electron chi connectivity index (χ3n) is 1.25. The predicted octanol–water partition coefficient (Wildman–Crippen LogP) is 1.08. The van der Waals surface area contributed by atoms with Gasteiger partial charge < -0.3 is 5.11 Å². The van der Waals surface area contributed by atoms with E-state index in [9.17, 15) is 9.18 Å². The molecule has 12 heavy (non-hydrogen) atoms. The molecular weight excluding hydrogens is 159 g/mol. The van der Waals surface area contributed by atoms with Crippen molar-refractivity contribution in [1.82, 2.24) is 0 Å². The second-order valence-electron chi connectivity index (χ2n) is 2.02. The van der Waals surface area contributed by atoms with Crippen LogP contribution in [0.25, 0.3) is 0 Å². The van der Waals surface area contributed by atoms with Gasteiger partial charge in [0.1, 0.15) is 17.1 Å². The highest BCUT2D eigenvalue weighted by Crippen LogP contribution is 2.17. The number of hydrogen-bond donors (Lipinski definition) is 1. The van der Waals surface area contributed by atoms with E-state index in [0.29, 0.717) is 6.29 Å². The topological polar surface area (TPSA) is 37.3 Å². The first-order valence-corrected chi connectivity index (χ1v) is 3.18. The number of rotatable bonds is 0. The molecule has 0 aliphatic carbocycles. The first-order chi connectivity index (χ1) is 5.75. The summed E-state index contributed by atoms with van der Waals surface area (Å²) < 4.78 is 12.8. The Morgan fingerprint density at radius 1 is 1.50 bits per heavy atom. The van der Waals surface area contributed by atoms with Crippen LogP contribution in [0, 0.1) is 17.7 Å². The molecule has 0 amide bonds. The van der Waals surface area contributed by atoms with E-state index in [1.165, 1.54) is 12.1 Å². The van der Waals surface area contributed by atoms with E-state index >= 15 is 0 Å². The third kappa shape index (κ3) is 1.61. The highest BCUT2D eigenvalue weighted by molar-refractivity contribution is 5.74. The normalized spacial score (nSPS) is 8.42. The monoisotopic (exact) mass is 164 g/mol. The molecule has 0 atom stereocenters. The largest absolute Gasteiger partial charge is 0.507 e. The number of carbonyl (C=O) groups excluding carboxylic acids is 1. The van der Waals surface area contributed by atoms with Gasteiger partial charge in [0.15, 0.2) is 6.29 Å². The summed E-state index contributed by atoms with van der Waals surface area (Å²) in [5.74, 6) is 3.31. The molecule has 0 radical (unpaired) electrons. The quantitative estimate of drug-likeness (QED) is 0.460. The first-order valence-electron chi connectivity index (χ1n) is 3.18. The lowest BCUT2D eigenvalue weighted by molar-refractivity contribution is -0.103. The Kier molecular flexibility index (Phi) is 2.44. The van der Waals surface area contributed by atoms with Gasteiger partial charge in [-0.1, -0.05) is 12.0 Å². The minimum absolute atomic E-state index is 0.149. The predicted molar refractivity (Wildman–Crippen MR) is 41.0 cm³/mol. The molecule has 0 aliphatic rings. The number of aromatic hydroxyl groups is 1. The number of phenols is 1. The molecule has 60 valence electrons. The molecule has 1 aromatic carbocycles. The number of phenolic OH excluding ortho intramolecular Hbond substituents is 1. The van der Waals surface area contributed by atoms with Gasteiger partial charge in [0, 0.05) is 0 Å². The molecule has 1 N–H and O–H groups in total. The maximum Gasteiger partial charge on any atom is 0.193 e. The maximum absolute atomic E-state index is 12.8. The van der Waals surface area contributed by atoms with E-state index in [1.54, 1.807) is 0 Å². The molecule has 0 saturated carbocycles. The molecule has 0 heterocycles. The second kappa shape index (κ2) is 3.54. The smallest absolute Gasteiger partial charge is 0.193 e. The van der Waals surface area contributed by atoms with Crippen molar-refractivity contribution < 1.29 is 14.3 Å². The van der Waals surface area contributed by atoms with Crippen molar-refractivity contribution in [3.05, 3.63) is 29.6 Å². The average Bonchev–Trinajstić information content (AvgIpc) is 2.04. The van der Waals surface area contributed by atoms with Gasteiger partial charge in [0.25, 0.3) is 0 Å². The molecule has 0 spiro atoms. The zero-order valence-electron chi connectivity index (χ0n) is 6.04. The Bertz CT molecular complexity index is 340. The van der Waals surface area contributed by atoms with Crippen molar-refractivity contribution in [2.75, 3.05) is 0 Å². The molecular formula is C9H5FO2. The van der Waals surface area contributed by atoms with E-state index in [2.05, 4.69) is 5.92 Å². The second-order valence-corrected chi connectivity index (χ2v) is 2.02. The van der Waals surface area contributed by atoms with Crippen LogP contribution in [0.2, 0.25) is 0 Å². The highest BCUT2D eigenvalue weighted by atomic mass is 19.1. The summed E-state index contributed by atoms with van der Waals surface area (Å²) in [6.07, 6.45) is 0.339. The van der Waals surface area contributed by atoms with Gasteiger partial charge in [-0.3, -0.25) is 4.79 Å². The van der Waals surface area contributed by atoms with Crippen LogP contribution in [0.3, 0.4) is 0 Å².